The number of fused-ring (bicyclic) bond motifs is 1. The van der Waals surface area contributed by atoms with Gasteiger partial charge in [-0.25, -0.2) is 4.68 Å². The summed E-state index contributed by atoms with van der Waals surface area (Å²) in [7, 11) is 0. The van der Waals surface area contributed by atoms with E-state index in [1.807, 2.05) is 25.7 Å². The van der Waals surface area contributed by atoms with Crippen LogP contribution < -0.4 is 5.32 Å². The second kappa shape index (κ2) is 8.17. The number of rotatable bonds is 2. The quantitative estimate of drug-likeness (QED) is 0.639. The molecule has 3 aliphatic rings. The Hall–Kier alpha value is -1.99. The van der Waals surface area contributed by atoms with Crippen LogP contribution in [0.25, 0.3) is 0 Å². The van der Waals surface area contributed by atoms with Gasteiger partial charge in [-0.3, -0.25) is 4.79 Å². The number of nitrogens with zero attached hydrogens (tertiary/aromatic N) is 3. The molecule has 1 aromatic rings. The smallest absolute Gasteiger partial charge is 0.367 e. The van der Waals surface area contributed by atoms with Gasteiger partial charge < -0.3 is 10.2 Å². The van der Waals surface area contributed by atoms with Gasteiger partial charge >= 0.3 is 6.18 Å². The number of piperidine rings is 1. The number of likely N-dealkylation sites (tertiary alicyclic amines) is 1. The van der Waals surface area contributed by atoms with Crippen LogP contribution in [0, 0.1) is 11.3 Å². The normalized spacial score (nSPS) is 29.4. The number of alkyl halides is 3. The van der Waals surface area contributed by atoms with Gasteiger partial charge in [0.25, 0.3) is 0 Å². The van der Waals surface area contributed by atoms with Crippen LogP contribution in [-0.4, -0.2) is 45.9 Å². The zero-order valence-electron chi connectivity index (χ0n) is 18.6. The summed E-state index contributed by atoms with van der Waals surface area (Å²) < 4.78 is 42.7. The Kier molecular flexibility index (Phi) is 5.85. The van der Waals surface area contributed by atoms with Crippen molar-refractivity contribution < 1.29 is 18.0 Å². The van der Waals surface area contributed by atoms with E-state index >= 15 is 0 Å². The summed E-state index contributed by atoms with van der Waals surface area (Å²) in [6.45, 7) is 7.12. The molecule has 2 aliphatic heterocycles. The van der Waals surface area contributed by atoms with Gasteiger partial charge in [-0.15, -0.1) is 0 Å². The highest BCUT2D eigenvalue weighted by atomic mass is 19.4. The van der Waals surface area contributed by atoms with E-state index in [-0.39, 0.29) is 35.6 Å². The number of hydrogen-bond donors (Lipinski definition) is 1. The lowest BCUT2D eigenvalue weighted by molar-refractivity contribution is -0.175. The van der Waals surface area contributed by atoms with Gasteiger partial charge in [0.15, 0.2) is 6.04 Å². The first-order valence-corrected chi connectivity index (χ1v) is 11.4. The number of carbonyl (C=O) groups excluding carboxylic acids is 1. The van der Waals surface area contributed by atoms with Crippen molar-refractivity contribution in [3.63, 3.8) is 0 Å². The largest absolute Gasteiger partial charge is 0.410 e. The third kappa shape index (κ3) is 4.62. The molecule has 0 spiro atoms. The molecule has 1 aliphatic carbocycles. The van der Waals surface area contributed by atoms with Crippen molar-refractivity contribution in [2.45, 2.75) is 83.5 Å². The highest BCUT2D eigenvalue weighted by molar-refractivity contribution is 5.79. The minimum atomic E-state index is -4.35. The average molecular weight is 439 g/mol. The Balaban J connectivity index is 1.55. The molecule has 1 saturated heterocycles. The molecule has 0 aromatic carbocycles. The van der Waals surface area contributed by atoms with Gasteiger partial charge in [0.1, 0.15) is 5.82 Å². The van der Waals surface area contributed by atoms with Crippen LogP contribution in [-0.2, 0) is 4.79 Å². The maximum atomic E-state index is 13.9. The molecular formula is C23H33F3N4O. The highest BCUT2D eigenvalue weighted by Crippen LogP contribution is 2.44. The molecule has 8 heteroatoms. The third-order valence-corrected chi connectivity index (χ3v) is 7.02. The van der Waals surface area contributed by atoms with Crippen molar-refractivity contribution in [3.8, 4) is 0 Å². The maximum absolute atomic E-state index is 13.9. The minimum absolute atomic E-state index is 0.0290. The van der Waals surface area contributed by atoms with Crippen molar-refractivity contribution in [3.05, 3.63) is 23.9 Å². The predicted octanol–water partition coefficient (Wildman–Crippen LogP) is 5.28. The monoisotopic (exact) mass is 438 g/mol. The summed E-state index contributed by atoms with van der Waals surface area (Å²) in [6.07, 6.45) is 4.08. The van der Waals surface area contributed by atoms with Crippen molar-refractivity contribution in [1.82, 2.24) is 14.7 Å². The Bertz CT molecular complexity index is 839. The minimum Gasteiger partial charge on any atom is -0.367 e. The zero-order chi connectivity index (χ0) is 22.4. The van der Waals surface area contributed by atoms with Crippen LogP contribution in [0.3, 0.4) is 0 Å². The van der Waals surface area contributed by atoms with Crippen molar-refractivity contribution in [1.29, 1.82) is 0 Å². The van der Waals surface area contributed by atoms with Crippen LogP contribution in [0.2, 0.25) is 0 Å². The first-order valence-electron chi connectivity index (χ1n) is 11.4. The van der Waals surface area contributed by atoms with Gasteiger partial charge in [0, 0.05) is 37.0 Å². The summed E-state index contributed by atoms with van der Waals surface area (Å²) in [5.41, 5.74) is 0.356. The van der Waals surface area contributed by atoms with Crippen molar-refractivity contribution >= 4 is 11.7 Å². The molecule has 0 radical (unpaired) electrons. The van der Waals surface area contributed by atoms with Crippen LogP contribution in [0.1, 0.15) is 76.9 Å². The van der Waals surface area contributed by atoms with Gasteiger partial charge in [0.2, 0.25) is 5.91 Å². The molecule has 4 atom stereocenters. The number of allylic oxidation sites excluding steroid dienone is 2. The van der Waals surface area contributed by atoms with Gasteiger partial charge in [0.05, 0.1) is 5.69 Å². The van der Waals surface area contributed by atoms with Crippen LogP contribution in [0.5, 0.6) is 0 Å². The summed E-state index contributed by atoms with van der Waals surface area (Å²) in [5, 5.41) is 7.73. The molecule has 1 aromatic heterocycles. The SMILES string of the molecule is CC(C)(C)[C@@H]1C[C@H](C(F)(F)F)n2nc([C@@H]3CCCN(C(=O)[C@@H]4CC=CCC4)C3)cc2N1. The summed E-state index contributed by atoms with van der Waals surface area (Å²) in [4.78, 5) is 14.9. The topological polar surface area (TPSA) is 50.2 Å². The molecule has 0 bridgehead atoms. The standard InChI is InChI=1S/C23H33F3N4O/c1-22(2,3)18-13-19(23(24,25)26)30-20(27-18)12-17(28-30)16-10-7-11-29(14-16)21(31)15-8-5-4-6-9-15/h4-5,12,15-16,18-19,27H,6-11,13-14H2,1-3H3/t15-,16-,18+,19-/m1/s1. The van der Waals surface area contributed by atoms with Gasteiger partial charge in [-0.1, -0.05) is 32.9 Å². The van der Waals surface area contributed by atoms with E-state index in [4.69, 9.17) is 0 Å². The molecule has 1 N–H and O–H groups in total. The van der Waals surface area contributed by atoms with Crippen molar-refractivity contribution in [2.75, 3.05) is 18.4 Å². The summed E-state index contributed by atoms with van der Waals surface area (Å²) in [6, 6.07) is -0.143. The van der Waals surface area contributed by atoms with E-state index in [1.54, 1.807) is 6.07 Å². The molecule has 3 heterocycles. The fraction of sp³-hybridized carbons (Fsp3) is 0.739. The van der Waals surface area contributed by atoms with E-state index in [0.717, 1.165) is 43.3 Å². The summed E-state index contributed by atoms with van der Waals surface area (Å²) in [5.74, 6) is 0.614. The van der Waals surface area contributed by atoms with E-state index < -0.39 is 12.2 Å². The average Bonchev–Trinajstić information content (AvgIpc) is 3.16. The number of nitrogens with one attached hydrogen (secondary N) is 1. The maximum Gasteiger partial charge on any atom is 0.410 e. The molecule has 0 saturated carbocycles. The number of anilines is 1. The second-order valence-corrected chi connectivity index (χ2v) is 10.4. The molecule has 172 valence electrons. The van der Waals surface area contributed by atoms with Crippen LogP contribution >= 0.6 is 0 Å². The van der Waals surface area contributed by atoms with Gasteiger partial charge in [-0.05, 0) is 43.9 Å². The van der Waals surface area contributed by atoms with Crippen molar-refractivity contribution in [2.24, 2.45) is 11.3 Å². The van der Waals surface area contributed by atoms with Gasteiger partial charge in [-0.2, -0.15) is 18.3 Å². The summed E-state index contributed by atoms with van der Waals surface area (Å²) >= 11 is 0. The molecule has 5 nitrogen and oxygen atoms in total. The lowest BCUT2D eigenvalue weighted by Gasteiger charge is -2.39. The van der Waals surface area contributed by atoms with Crippen LogP contribution in [0.4, 0.5) is 19.0 Å². The number of hydrogen-bond acceptors (Lipinski definition) is 3. The first-order chi connectivity index (χ1) is 14.5. The van der Waals surface area contributed by atoms with E-state index in [9.17, 15) is 18.0 Å². The third-order valence-electron chi connectivity index (χ3n) is 7.02. The Morgan fingerprint density at radius 3 is 2.61 bits per heavy atom. The van der Waals surface area contributed by atoms with E-state index in [1.165, 1.54) is 0 Å². The lowest BCUT2D eigenvalue weighted by Crippen LogP contribution is -2.45. The second-order valence-electron chi connectivity index (χ2n) is 10.4. The fourth-order valence-electron chi connectivity index (χ4n) is 5.06. The molecule has 4 rings (SSSR count). The van der Waals surface area contributed by atoms with E-state index in [0.29, 0.717) is 18.1 Å². The Morgan fingerprint density at radius 1 is 1.19 bits per heavy atom. The number of halogens is 3. The number of aromatic nitrogens is 2. The molecular weight excluding hydrogens is 405 g/mol. The predicted molar refractivity (Wildman–Crippen MR) is 114 cm³/mol. The Morgan fingerprint density at radius 2 is 1.97 bits per heavy atom. The number of amides is 1. The lowest BCUT2D eigenvalue weighted by atomic mass is 9.82. The molecule has 0 unspecified atom stereocenters. The van der Waals surface area contributed by atoms with Crippen LogP contribution in [0.15, 0.2) is 18.2 Å². The highest BCUT2D eigenvalue weighted by Gasteiger charge is 2.48. The Labute approximate surface area is 182 Å². The van der Waals surface area contributed by atoms with E-state index in [2.05, 4.69) is 22.6 Å². The zero-order valence-corrected chi connectivity index (χ0v) is 18.6. The molecule has 1 amide bonds. The molecule has 1 fully saturated rings. The number of carbonyl (C=O) groups is 1. The fourth-order valence-corrected chi connectivity index (χ4v) is 5.06. The first kappa shape index (κ1) is 22.2. The molecule has 31 heavy (non-hydrogen) atoms.